The van der Waals surface area contributed by atoms with Crippen LogP contribution in [0.1, 0.15) is 50.6 Å². The van der Waals surface area contributed by atoms with Crippen LogP contribution < -0.4 is 10.2 Å². The van der Waals surface area contributed by atoms with Crippen LogP contribution in [-0.4, -0.2) is 22.6 Å². The fourth-order valence-electron chi connectivity index (χ4n) is 4.10. The maximum atomic E-state index is 13.1. The summed E-state index contributed by atoms with van der Waals surface area (Å²) in [6.07, 6.45) is 3.62. The first-order chi connectivity index (χ1) is 16.9. The summed E-state index contributed by atoms with van der Waals surface area (Å²) in [7, 11) is 0. The van der Waals surface area contributed by atoms with Crippen molar-refractivity contribution in [1.29, 1.82) is 0 Å². The van der Waals surface area contributed by atoms with Crippen LogP contribution in [0, 0.1) is 12.7 Å². The third-order valence-electron chi connectivity index (χ3n) is 5.79. The lowest BCUT2D eigenvalue weighted by atomic mass is 9.93. The smallest absolute Gasteiger partial charge is 0.380 e. The summed E-state index contributed by atoms with van der Waals surface area (Å²) in [5.41, 5.74) is 5.25. The molecule has 0 saturated heterocycles. The maximum absolute atomic E-state index is 13.1. The Labute approximate surface area is 208 Å². The number of ether oxygens (including phenoxy) is 1. The first-order valence-corrected chi connectivity index (χ1v) is 11.7. The molecule has 2 heterocycles. The number of carbonyl (C=O) groups is 2. The predicted molar refractivity (Wildman–Crippen MR) is 131 cm³/mol. The second kappa shape index (κ2) is 9.42. The maximum Gasteiger partial charge on any atom is 0.380 e. The predicted octanol–water partition coefficient (Wildman–Crippen LogP) is 5.73. The molecule has 1 amide bonds. The Morgan fingerprint density at radius 3 is 2.74 bits per heavy atom. The van der Waals surface area contributed by atoms with Crippen molar-refractivity contribution in [2.75, 3.05) is 0 Å². The van der Waals surface area contributed by atoms with Crippen LogP contribution in [0.3, 0.4) is 0 Å². The highest BCUT2D eigenvalue weighted by molar-refractivity contribution is 9.10. The molecular weight excluding hydrogens is 517 g/mol. The number of pyridine rings is 1. The SMILES string of the molecule is Cc1c(C(=O)Oc2ccc(Br)c3cccnc23)oc2c1/C(=N/NC(=O)c1ccc(F)cc1)CCC2. The standard InChI is InChI=1S/C26H19BrFN3O4/c1-14-22-19(30-31-25(32)15-7-9-16(28)10-8-15)5-2-6-20(22)34-24(14)26(33)35-21-12-11-18(27)17-4-3-13-29-23(17)21/h3-4,7-13H,2,5-6H2,1H3,(H,31,32)/b30-19+. The molecule has 4 aromatic rings. The van der Waals surface area contributed by atoms with E-state index in [-0.39, 0.29) is 11.3 Å². The van der Waals surface area contributed by atoms with E-state index in [4.69, 9.17) is 9.15 Å². The number of aryl methyl sites for hydroxylation is 1. The summed E-state index contributed by atoms with van der Waals surface area (Å²) in [6.45, 7) is 1.76. The Morgan fingerprint density at radius 2 is 1.94 bits per heavy atom. The average molecular weight is 536 g/mol. The van der Waals surface area contributed by atoms with Gasteiger partial charge < -0.3 is 9.15 Å². The number of rotatable bonds is 4. The summed E-state index contributed by atoms with van der Waals surface area (Å²) in [4.78, 5) is 29.8. The molecule has 0 bridgehead atoms. The van der Waals surface area contributed by atoms with Crippen LogP contribution in [0.4, 0.5) is 4.39 Å². The molecule has 7 nitrogen and oxygen atoms in total. The minimum atomic E-state index is -0.638. The highest BCUT2D eigenvalue weighted by atomic mass is 79.9. The van der Waals surface area contributed by atoms with Gasteiger partial charge in [0.05, 0.1) is 5.71 Å². The van der Waals surface area contributed by atoms with E-state index >= 15 is 0 Å². The molecule has 9 heteroatoms. The van der Waals surface area contributed by atoms with Crippen LogP contribution in [0.2, 0.25) is 0 Å². The largest absolute Gasteiger partial charge is 0.453 e. The first-order valence-electron chi connectivity index (χ1n) is 10.9. The average Bonchev–Trinajstić information content (AvgIpc) is 3.22. The van der Waals surface area contributed by atoms with Crippen molar-refractivity contribution < 1.29 is 23.1 Å². The number of benzene rings is 2. The number of fused-ring (bicyclic) bond motifs is 2. The number of halogens is 2. The van der Waals surface area contributed by atoms with Crippen molar-refractivity contribution in [3.05, 3.63) is 93.2 Å². The van der Waals surface area contributed by atoms with E-state index in [1.807, 2.05) is 6.07 Å². The van der Waals surface area contributed by atoms with Crippen LogP contribution in [0.5, 0.6) is 5.75 Å². The number of nitrogens with zero attached hydrogens (tertiary/aromatic N) is 2. The van der Waals surface area contributed by atoms with Crippen LogP contribution in [0.15, 0.2) is 68.7 Å². The van der Waals surface area contributed by atoms with Gasteiger partial charge in [0.15, 0.2) is 5.75 Å². The third-order valence-corrected chi connectivity index (χ3v) is 6.48. The number of aromatic nitrogens is 1. The number of nitrogens with one attached hydrogen (secondary N) is 1. The molecule has 2 aromatic heterocycles. The second-order valence-electron chi connectivity index (χ2n) is 8.05. The molecule has 1 aliphatic rings. The molecule has 5 rings (SSSR count). The molecule has 2 aromatic carbocycles. The van der Waals surface area contributed by atoms with Crippen molar-refractivity contribution >= 4 is 44.4 Å². The van der Waals surface area contributed by atoms with Gasteiger partial charge in [0.25, 0.3) is 5.91 Å². The Kier molecular flexibility index (Phi) is 6.17. The molecular formula is C26H19BrFN3O4. The number of hydrogen-bond acceptors (Lipinski definition) is 6. The number of furan rings is 1. The van der Waals surface area contributed by atoms with Gasteiger partial charge in [0.1, 0.15) is 17.1 Å². The van der Waals surface area contributed by atoms with Gasteiger partial charge in [0.2, 0.25) is 5.76 Å². The summed E-state index contributed by atoms with van der Waals surface area (Å²) in [6, 6.07) is 12.3. The Morgan fingerprint density at radius 1 is 1.14 bits per heavy atom. The monoisotopic (exact) mass is 535 g/mol. The molecule has 0 radical (unpaired) electrons. The third kappa shape index (κ3) is 4.46. The van der Waals surface area contributed by atoms with Crippen molar-refractivity contribution in [3.63, 3.8) is 0 Å². The van der Waals surface area contributed by atoms with Gasteiger partial charge in [-0.1, -0.05) is 22.0 Å². The summed E-state index contributed by atoms with van der Waals surface area (Å²) < 4.78 is 25.5. The zero-order valence-electron chi connectivity index (χ0n) is 18.6. The molecule has 1 N–H and O–H groups in total. The molecule has 0 saturated carbocycles. The van der Waals surface area contributed by atoms with Crippen LogP contribution in [-0.2, 0) is 6.42 Å². The number of hydrogen-bond donors (Lipinski definition) is 1. The van der Waals surface area contributed by atoms with E-state index < -0.39 is 17.7 Å². The number of esters is 1. The van der Waals surface area contributed by atoms with Gasteiger partial charge in [-0.25, -0.2) is 14.6 Å². The topological polar surface area (TPSA) is 93.8 Å². The zero-order valence-corrected chi connectivity index (χ0v) is 20.2. The Balaban J connectivity index is 1.41. The summed E-state index contributed by atoms with van der Waals surface area (Å²) >= 11 is 3.48. The highest BCUT2D eigenvalue weighted by Crippen LogP contribution is 2.33. The van der Waals surface area contributed by atoms with Crippen molar-refractivity contribution in [2.24, 2.45) is 5.10 Å². The lowest BCUT2D eigenvalue weighted by molar-refractivity contribution is 0.0700. The molecule has 0 spiro atoms. The normalized spacial score (nSPS) is 14.1. The fourth-order valence-corrected chi connectivity index (χ4v) is 4.55. The zero-order chi connectivity index (χ0) is 24.5. The molecule has 0 aliphatic heterocycles. The van der Waals surface area contributed by atoms with Crippen molar-refractivity contribution in [2.45, 2.75) is 26.2 Å². The lowest BCUT2D eigenvalue weighted by Gasteiger charge is -2.13. The molecule has 0 fully saturated rings. The lowest BCUT2D eigenvalue weighted by Crippen LogP contribution is -2.22. The summed E-state index contributed by atoms with van der Waals surface area (Å²) in [5, 5.41) is 5.11. The highest BCUT2D eigenvalue weighted by Gasteiger charge is 2.29. The van der Waals surface area contributed by atoms with E-state index in [1.54, 1.807) is 31.3 Å². The van der Waals surface area contributed by atoms with Gasteiger partial charge in [0, 0.05) is 39.2 Å². The van der Waals surface area contributed by atoms with Crippen LogP contribution in [0.25, 0.3) is 10.9 Å². The van der Waals surface area contributed by atoms with E-state index in [2.05, 4.69) is 31.4 Å². The Bertz CT molecular complexity index is 1490. The molecule has 35 heavy (non-hydrogen) atoms. The number of hydrazone groups is 1. The van der Waals surface area contributed by atoms with E-state index in [0.29, 0.717) is 46.7 Å². The second-order valence-corrected chi connectivity index (χ2v) is 8.90. The fraction of sp³-hybridized carbons (Fsp3) is 0.154. The van der Waals surface area contributed by atoms with Crippen molar-refractivity contribution in [3.8, 4) is 5.75 Å². The molecule has 0 unspecified atom stereocenters. The van der Waals surface area contributed by atoms with Gasteiger partial charge in [-0.15, -0.1) is 0 Å². The van der Waals surface area contributed by atoms with E-state index in [9.17, 15) is 14.0 Å². The quantitative estimate of drug-likeness (QED) is 0.204. The molecule has 0 atom stereocenters. The first kappa shape index (κ1) is 22.9. The number of amides is 1. The van der Waals surface area contributed by atoms with Gasteiger partial charge in [-0.3, -0.25) is 9.78 Å². The Hall–Kier alpha value is -3.85. The molecule has 1 aliphatic carbocycles. The van der Waals surface area contributed by atoms with Crippen LogP contribution >= 0.6 is 15.9 Å². The van der Waals surface area contributed by atoms with Gasteiger partial charge in [-0.05, 0) is 62.2 Å². The van der Waals surface area contributed by atoms with Crippen molar-refractivity contribution in [1.82, 2.24) is 10.4 Å². The summed E-state index contributed by atoms with van der Waals surface area (Å²) in [5.74, 6) is -0.496. The van der Waals surface area contributed by atoms with Gasteiger partial charge in [-0.2, -0.15) is 5.10 Å². The van der Waals surface area contributed by atoms with E-state index in [1.165, 1.54) is 24.3 Å². The van der Waals surface area contributed by atoms with E-state index in [0.717, 1.165) is 16.3 Å². The minimum absolute atomic E-state index is 0.0847. The number of carbonyl (C=O) groups excluding carboxylic acids is 2. The molecule has 176 valence electrons. The minimum Gasteiger partial charge on any atom is -0.453 e. The van der Waals surface area contributed by atoms with Gasteiger partial charge >= 0.3 is 5.97 Å².